The smallest absolute Gasteiger partial charge is 0.241 e. The Morgan fingerprint density at radius 1 is 1.12 bits per heavy atom. The third-order valence-electron chi connectivity index (χ3n) is 6.56. The maximum absolute atomic E-state index is 14.0. The van der Waals surface area contributed by atoms with Crippen LogP contribution in [0.2, 0.25) is 0 Å². The Labute approximate surface area is 189 Å². The van der Waals surface area contributed by atoms with Crippen LogP contribution in [0.3, 0.4) is 0 Å². The molecule has 1 fully saturated rings. The summed E-state index contributed by atoms with van der Waals surface area (Å²) in [6.45, 7) is 0. The number of ketones is 1. The number of halogens is 1. The van der Waals surface area contributed by atoms with Gasteiger partial charge in [0.05, 0.1) is 12.1 Å². The number of primary amides is 1. The number of nitrogens with two attached hydrogens (primary N) is 1. The van der Waals surface area contributed by atoms with Crippen LogP contribution in [0.25, 0.3) is 6.08 Å². The Balaban J connectivity index is 1.81. The quantitative estimate of drug-likeness (QED) is 0.629. The number of fused-ring (bicyclic) bond motifs is 3. The van der Waals surface area contributed by atoms with Gasteiger partial charge in [0.15, 0.2) is 11.2 Å². The molecule has 2 aliphatic heterocycles. The van der Waals surface area contributed by atoms with Crippen LogP contribution < -0.4 is 10.6 Å². The van der Waals surface area contributed by atoms with Crippen LogP contribution in [-0.4, -0.2) is 28.8 Å². The number of hydrogen-bond acceptors (Lipinski definition) is 5. The van der Waals surface area contributed by atoms with Crippen molar-refractivity contribution in [3.8, 4) is 6.07 Å². The lowest BCUT2D eigenvalue weighted by atomic mass is 9.68. The van der Waals surface area contributed by atoms with Gasteiger partial charge in [-0.15, -0.1) is 0 Å². The van der Waals surface area contributed by atoms with E-state index in [2.05, 4.69) is 11.1 Å². The second-order valence-corrected chi connectivity index (χ2v) is 8.20. The summed E-state index contributed by atoms with van der Waals surface area (Å²) in [4.78, 5) is 32.9. The third-order valence-corrected chi connectivity index (χ3v) is 6.56. The Kier molecular flexibility index (Phi) is 4.79. The van der Waals surface area contributed by atoms with Crippen molar-refractivity contribution in [2.24, 2.45) is 11.1 Å². The van der Waals surface area contributed by atoms with E-state index < -0.39 is 35.1 Å². The molecule has 2 N–H and O–H groups in total. The number of anilines is 1. The second kappa shape index (κ2) is 7.68. The SMILES string of the molecule is N#C[C@]1(C(N)=O)[C@H](c2cccnc2)[C@H](C(=O)c2ccccc2)N2c3ccc(F)cc3C=C[C@@H]21. The first-order chi connectivity index (χ1) is 16.0. The highest BCUT2D eigenvalue weighted by Crippen LogP contribution is 2.55. The topological polar surface area (TPSA) is 100 Å². The van der Waals surface area contributed by atoms with E-state index in [4.69, 9.17) is 5.73 Å². The van der Waals surface area contributed by atoms with Crippen molar-refractivity contribution in [3.05, 3.63) is 102 Å². The van der Waals surface area contributed by atoms with Gasteiger partial charge in [-0.2, -0.15) is 5.26 Å². The van der Waals surface area contributed by atoms with Crippen molar-refractivity contribution >= 4 is 23.5 Å². The average molecular weight is 438 g/mol. The number of carbonyl (C=O) groups is 2. The summed E-state index contributed by atoms with van der Waals surface area (Å²) in [6, 6.07) is 16.8. The molecule has 0 aliphatic carbocycles. The fourth-order valence-electron chi connectivity index (χ4n) is 5.16. The lowest BCUT2D eigenvalue weighted by Gasteiger charge is -2.36. The lowest BCUT2D eigenvalue weighted by molar-refractivity contribution is -0.125. The van der Waals surface area contributed by atoms with E-state index in [9.17, 15) is 19.2 Å². The van der Waals surface area contributed by atoms with Gasteiger partial charge in [0, 0.05) is 35.1 Å². The summed E-state index contributed by atoms with van der Waals surface area (Å²) in [5, 5.41) is 10.4. The number of aromatic nitrogens is 1. The van der Waals surface area contributed by atoms with E-state index in [1.54, 1.807) is 78.0 Å². The summed E-state index contributed by atoms with van der Waals surface area (Å²) < 4.78 is 14.0. The minimum atomic E-state index is -1.75. The molecule has 1 aromatic heterocycles. The molecular weight excluding hydrogens is 419 g/mol. The molecule has 5 rings (SSSR count). The first-order valence-electron chi connectivity index (χ1n) is 10.5. The predicted octanol–water partition coefficient (Wildman–Crippen LogP) is 3.47. The number of carbonyl (C=O) groups excluding carboxylic acids is 2. The molecule has 3 heterocycles. The Hall–Kier alpha value is -4.31. The van der Waals surface area contributed by atoms with Gasteiger partial charge in [-0.3, -0.25) is 14.6 Å². The van der Waals surface area contributed by atoms with Gasteiger partial charge in [0.1, 0.15) is 11.9 Å². The van der Waals surface area contributed by atoms with E-state index in [1.165, 1.54) is 12.1 Å². The van der Waals surface area contributed by atoms with Crippen molar-refractivity contribution < 1.29 is 14.0 Å². The maximum atomic E-state index is 14.0. The lowest BCUT2D eigenvalue weighted by Crippen LogP contribution is -2.49. The van der Waals surface area contributed by atoms with E-state index >= 15 is 0 Å². The second-order valence-electron chi connectivity index (χ2n) is 8.20. The van der Waals surface area contributed by atoms with E-state index in [-0.39, 0.29) is 5.78 Å². The van der Waals surface area contributed by atoms with Gasteiger partial charge >= 0.3 is 0 Å². The number of benzene rings is 2. The first kappa shape index (κ1) is 20.6. The molecule has 1 amide bonds. The van der Waals surface area contributed by atoms with Crippen LogP contribution in [0.5, 0.6) is 0 Å². The van der Waals surface area contributed by atoms with Crippen molar-refractivity contribution in [3.63, 3.8) is 0 Å². The first-order valence-corrected chi connectivity index (χ1v) is 10.5. The number of pyridine rings is 1. The van der Waals surface area contributed by atoms with Crippen molar-refractivity contribution in [2.75, 3.05) is 4.90 Å². The number of nitrogens with zero attached hydrogens (tertiary/aromatic N) is 3. The van der Waals surface area contributed by atoms with Crippen LogP contribution in [0, 0.1) is 22.6 Å². The monoisotopic (exact) mass is 438 g/mol. The highest BCUT2D eigenvalue weighted by atomic mass is 19.1. The number of rotatable bonds is 4. The standard InChI is InChI=1S/C26H19FN4O2/c27-19-9-10-20-17(13-19)8-11-21-26(15-28,25(29)33)22(18-7-4-12-30-14-18)23(31(20)21)24(32)16-5-2-1-3-6-16/h1-14,21-23H,(H2,29,33)/t21-,22-,23-,26-/m1/s1. The van der Waals surface area contributed by atoms with E-state index in [1.807, 2.05) is 0 Å². The van der Waals surface area contributed by atoms with Gasteiger partial charge in [0.25, 0.3) is 0 Å². The zero-order valence-corrected chi connectivity index (χ0v) is 17.4. The van der Waals surface area contributed by atoms with Gasteiger partial charge in [0.2, 0.25) is 5.91 Å². The molecule has 4 atom stereocenters. The number of hydrogen-bond donors (Lipinski definition) is 1. The van der Waals surface area contributed by atoms with Gasteiger partial charge in [-0.25, -0.2) is 4.39 Å². The Morgan fingerprint density at radius 2 is 1.91 bits per heavy atom. The molecule has 0 unspecified atom stereocenters. The van der Waals surface area contributed by atoms with Crippen molar-refractivity contribution in [2.45, 2.75) is 18.0 Å². The fraction of sp³-hybridized carbons (Fsp3) is 0.154. The molecule has 6 nitrogen and oxygen atoms in total. The largest absolute Gasteiger partial charge is 0.368 e. The number of amides is 1. The van der Waals surface area contributed by atoms with Crippen LogP contribution in [0.4, 0.5) is 10.1 Å². The van der Waals surface area contributed by atoms with E-state index in [0.717, 1.165) is 0 Å². The normalized spacial score (nSPS) is 25.1. The average Bonchev–Trinajstić information content (AvgIpc) is 3.16. The molecule has 0 saturated carbocycles. The molecule has 0 bridgehead atoms. The molecule has 3 aromatic rings. The van der Waals surface area contributed by atoms with Crippen LogP contribution in [0.15, 0.2) is 79.1 Å². The molecule has 1 saturated heterocycles. The van der Waals surface area contributed by atoms with Gasteiger partial charge in [-0.1, -0.05) is 48.6 Å². The van der Waals surface area contributed by atoms with Crippen molar-refractivity contribution in [1.29, 1.82) is 5.26 Å². The van der Waals surface area contributed by atoms with E-state index in [0.29, 0.717) is 22.4 Å². The summed E-state index contributed by atoms with van der Waals surface area (Å²) in [6.07, 6.45) is 6.47. The molecule has 7 heteroatoms. The zero-order chi connectivity index (χ0) is 23.2. The van der Waals surface area contributed by atoms with Crippen LogP contribution >= 0.6 is 0 Å². The molecule has 162 valence electrons. The zero-order valence-electron chi connectivity index (χ0n) is 17.4. The molecule has 2 aliphatic rings. The Morgan fingerprint density at radius 3 is 2.58 bits per heavy atom. The summed E-state index contributed by atoms with van der Waals surface area (Å²) in [7, 11) is 0. The summed E-state index contributed by atoms with van der Waals surface area (Å²) >= 11 is 0. The summed E-state index contributed by atoms with van der Waals surface area (Å²) in [5.74, 6) is -2.41. The maximum Gasteiger partial charge on any atom is 0.241 e. The van der Waals surface area contributed by atoms with Gasteiger partial charge in [-0.05, 0) is 29.8 Å². The predicted molar refractivity (Wildman–Crippen MR) is 120 cm³/mol. The molecule has 0 radical (unpaired) electrons. The van der Waals surface area contributed by atoms with Crippen molar-refractivity contribution in [1.82, 2.24) is 4.98 Å². The third kappa shape index (κ3) is 2.95. The fourth-order valence-corrected chi connectivity index (χ4v) is 5.16. The minimum absolute atomic E-state index is 0.265. The van der Waals surface area contributed by atoms with Crippen LogP contribution in [-0.2, 0) is 4.79 Å². The highest BCUT2D eigenvalue weighted by molar-refractivity contribution is 6.06. The van der Waals surface area contributed by atoms with Crippen LogP contribution in [0.1, 0.15) is 27.4 Å². The number of Topliss-reactive ketones (excluding diaryl/α,β-unsaturated/α-hetero) is 1. The molecule has 33 heavy (non-hydrogen) atoms. The molecular formula is C26H19FN4O2. The number of nitriles is 1. The summed E-state index contributed by atoms with van der Waals surface area (Å²) in [5.41, 5.74) is 6.27. The Bertz CT molecular complexity index is 1320. The minimum Gasteiger partial charge on any atom is -0.368 e. The highest BCUT2D eigenvalue weighted by Gasteiger charge is 2.65. The van der Waals surface area contributed by atoms with Gasteiger partial charge < -0.3 is 10.6 Å². The molecule has 2 aromatic carbocycles. The molecule has 0 spiro atoms.